The van der Waals surface area contributed by atoms with Crippen LogP contribution in [0.5, 0.6) is 0 Å². The minimum atomic E-state index is -3.68. The summed E-state index contributed by atoms with van der Waals surface area (Å²) < 4.78 is 39.1. The molecule has 0 amide bonds. The van der Waals surface area contributed by atoms with Crippen LogP contribution < -0.4 is 0 Å². The van der Waals surface area contributed by atoms with Gasteiger partial charge in [0.2, 0.25) is 0 Å². The number of aromatic nitrogens is 2. The van der Waals surface area contributed by atoms with Crippen LogP contribution >= 0.6 is 11.3 Å². The summed E-state index contributed by atoms with van der Waals surface area (Å²) in [5, 5.41) is 10.0. The van der Waals surface area contributed by atoms with Crippen molar-refractivity contribution in [2.75, 3.05) is 5.75 Å². The van der Waals surface area contributed by atoms with Gasteiger partial charge in [-0.05, 0) is 48.5 Å². The molecule has 0 fully saturated rings. The number of aliphatic hydroxyl groups excluding tert-OH is 1. The maximum atomic E-state index is 13.0. The lowest BCUT2D eigenvalue weighted by Crippen LogP contribution is -2.20. The summed E-state index contributed by atoms with van der Waals surface area (Å²) in [4.78, 5) is 8.18. The molecule has 0 spiro atoms. The quantitative estimate of drug-likeness (QED) is 0.314. The molecular formula is C24H19FN2O3S2. The van der Waals surface area contributed by atoms with Crippen molar-refractivity contribution in [1.82, 2.24) is 9.97 Å². The van der Waals surface area contributed by atoms with E-state index < -0.39 is 15.8 Å². The van der Waals surface area contributed by atoms with E-state index in [2.05, 4.69) is 28.4 Å². The maximum Gasteiger partial charge on any atom is 0.188 e. The molecule has 162 valence electrons. The van der Waals surface area contributed by atoms with Crippen molar-refractivity contribution in [2.45, 2.75) is 10.6 Å². The van der Waals surface area contributed by atoms with Gasteiger partial charge in [0, 0.05) is 17.9 Å². The van der Waals surface area contributed by atoms with E-state index in [4.69, 9.17) is 0 Å². The number of nitrogens with zero attached hydrogens (tertiary/aromatic N) is 1. The Bertz CT molecular complexity index is 1410. The summed E-state index contributed by atoms with van der Waals surface area (Å²) in [6, 6.07) is 16.4. The average molecular weight is 467 g/mol. The van der Waals surface area contributed by atoms with Gasteiger partial charge in [0.1, 0.15) is 15.9 Å². The van der Waals surface area contributed by atoms with Gasteiger partial charge in [-0.15, -0.1) is 11.3 Å². The van der Waals surface area contributed by atoms with Crippen LogP contribution in [0.15, 0.2) is 77.2 Å². The maximum absolute atomic E-state index is 13.0. The average Bonchev–Trinajstić information content (AvgIpc) is 3.39. The van der Waals surface area contributed by atoms with E-state index in [1.807, 2.05) is 24.3 Å². The Balaban J connectivity index is 1.50. The highest BCUT2D eigenvalue weighted by molar-refractivity contribution is 7.93. The largest absolute Gasteiger partial charge is 0.513 e. The molecule has 2 N–H and O–H groups in total. The SMILES string of the molecule is C=C(O)[C@H](Cc1nc2ccccc2[nH]1)CS(=O)(=O)c1ccc(C#Cc2ccc(F)cc2)s1. The van der Waals surface area contributed by atoms with Gasteiger partial charge < -0.3 is 10.1 Å². The highest BCUT2D eigenvalue weighted by Gasteiger charge is 2.26. The van der Waals surface area contributed by atoms with Crippen molar-refractivity contribution in [1.29, 1.82) is 0 Å². The van der Waals surface area contributed by atoms with E-state index in [1.165, 1.54) is 18.2 Å². The number of aliphatic hydroxyl groups is 1. The molecule has 2 aromatic carbocycles. The summed E-state index contributed by atoms with van der Waals surface area (Å²) in [6.07, 6.45) is 0.214. The Morgan fingerprint density at radius 3 is 2.59 bits per heavy atom. The molecule has 4 rings (SSSR count). The normalized spacial score (nSPS) is 12.3. The van der Waals surface area contributed by atoms with Crippen molar-refractivity contribution in [3.8, 4) is 11.8 Å². The van der Waals surface area contributed by atoms with Crippen molar-refractivity contribution in [3.05, 3.63) is 95.1 Å². The molecule has 2 aromatic heterocycles. The number of hydrogen-bond acceptors (Lipinski definition) is 5. The van der Waals surface area contributed by atoms with E-state index in [1.54, 1.807) is 18.2 Å². The molecule has 0 saturated carbocycles. The molecule has 2 heterocycles. The monoisotopic (exact) mass is 466 g/mol. The number of halogens is 1. The molecule has 4 aromatic rings. The fourth-order valence-electron chi connectivity index (χ4n) is 3.18. The first kappa shape index (κ1) is 21.8. The minimum Gasteiger partial charge on any atom is -0.513 e. The third-order valence-electron chi connectivity index (χ3n) is 4.83. The van der Waals surface area contributed by atoms with Crippen molar-refractivity contribution in [2.24, 2.45) is 5.92 Å². The van der Waals surface area contributed by atoms with Gasteiger partial charge in [-0.3, -0.25) is 0 Å². The predicted molar refractivity (Wildman–Crippen MR) is 124 cm³/mol. The summed E-state index contributed by atoms with van der Waals surface area (Å²) in [5.41, 5.74) is 2.25. The van der Waals surface area contributed by atoms with Crippen molar-refractivity contribution < 1.29 is 17.9 Å². The van der Waals surface area contributed by atoms with Gasteiger partial charge in [0.15, 0.2) is 9.84 Å². The van der Waals surface area contributed by atoms with Crippen LogP contribution in [0.2, 0.25) is 0 Å². The molecule has 5 nitrogen and oxygen atoms in total. The molecule has 8 heteroatoms. The molecule has 32 heavy (non-hydrogen) atoms. The first-order valence-corrected chi connectivity index (χ1v) is 12.2. The molecule has 0 bridgehead atoms. The Labute approximate surface area is 189 Å². The molecule has 1 atom stereocenters. The van der Waals surface area contributed by atoms with E-state index in [0.717, 1.165) is 22.4 Å². The Morgan fingerprint density at radius 2 is 1.88 bits per heavy atom. The van der Waals surface area contributed by atoms with E-state index >= 15 is 0 Å². The number of H-pyrrole nitrogens is 1. The molecule has 0 aliphatic rings. The van der Waals surface area contributed by atoms with Crippen LogP contribution in [-0.2, 0) is 16.3 Å². The first-order valence-electron chi connectivity index (χ1n) is 9.72. The molecule has 0 unspecified atom stereocenters. The van der Waals surface area contributed by atoms with Crippen LogP contribution in [0.3, 0.4) is 0 Å². The lowest BCUT2D eigenvalue weighted by atomic mass is 10.1. The number of benzene rings is 2. The van der Waals surface area contributed by atoms with E-state index in [0.29, 0.717) is 16.3 Å². The summed E-state index contributed by atoms with van der Waals surface area (Å²) >= 11 is 1.06. The second-order valence-corrected chi connectivity index (χ2v) is 10.6. The van der Waals surface area contributed by atoms with Gasteiger partial charge in [0.05, 0.1) is 27.4 Å². The number of fused-ring (bicyclic) bond motifs is 1. The number of para-hydroxylation sites is 2. The zero-order valence-electron chi connectivity index (χ0n) is 16.9. The topological polar surface area (TPSA) is 83.1 Å². The predicted octanol–water partition coefficient (Wildman–Crippen LogP) is 4.87. The number of thiophene rings is 1. The highest BCUT2D eigenvalue weighted by Crippen LogP contribution is 2.26. The Kier molecular flexibility index (Phi) is 6.12. The van der Waals surface area contributed by atoms with Crippen LogP contribution in [-0.4, -0.2) is 29.2 Å². The summed E-state index contributed by atoms with van der Waals surface area (Å²) in [6.45, 7) is 3.56. The Morgan fingerprint density at radius 1 is 1.12 bits per heavy atom. The smallest absolute Gasteiger partial charge is 0.188 e. The number of aromatic amines is 1. The van der Waals surface area contributed by atoms with Gasteiger partial charge in [-0.2, -0.15) is 0 Å². The highest BCUT2D eigenvalue weighted by atomic mass is 32.2. The lowest BCUT2D eigenvalue weighted by Gasteiger charge is -2.14. The summed E-state index contributed by atoms with van der Waals surface area (Å²) in [5.74, 6) is 4.81. The fraction of sp³-hybridized carbons (Fsp3) is 0.125. The number of nitrogens with one attached hydrogen (secondary N) is 1. The number of imidazole rings is 1. The molecule has 0 aliphatic carbocycles. The number of rotatable bonds is 6. The van der Waals surface area contributed by atoms with Gasteiger partial charge in [-0.25, -0.2) is 17.8 Å². The Hall–Kier alpha value is -3.41. The van der Waals surface area contributed by atoms with Gasteiger partial charge in [-0.1, -0.05) is 30.6 Å². The van der Waals surface area contributed by atoms with Crippen LogP contribution in [0, 0.1) is 23.6 Å². The van der Waals surface area contributed by atoms with Crippen LogP contribution in [0.4, 0.5) is 4.39 Å². The standard InChI is InChI=1S/C24H19FN2O3S2/c1-16(28)18(14-23-26-21-4-2-3-5-22(21)27-23)15-32(29,30)24-13-12-20(31-24)11-8-17-6-9-19(25)10-7-17/h2-7,9-10,12-13,18,28H,1,14-15H2,(H,26,27)/t18-/m1/s1. The first-order chi connectivity index (χ1) is 15.3. The molecule has 0 radical (unpaired) electrons. The zero-order valence-corrected chi connectivity index (χ0v) is 18.5. The van der Waals surface area contributed by atoms with Crippen molar-refractivity contribution >= 4 is 32.2 Å². The van der Waals surface area contributed by atoms with Gasteiger partial charge >= 0.3 is 0 Å². The second-order valence-electron chi connectivity index (χ2n) is 7.25. The minimum absolute atomic E-state index is 0.164. The van der Waals surface area contributed by atoms with Crippen LogP contribution in [0.1, 0.15) is 16.3 Å². The third-order valence-corrected chi connectivity index (χ3v) is 8.23. The third kappa shape index (κ3) is 5.07. The number of allylic oxidation sites excluding steroid dienone is 1. The lowest BCUT2D eigenvalue weighted by molar-refractivity contribution is 0.341. The fourth-order valence-corrected chi connectivity index (χ4v) is 6.03. The van der Waals surface area contributed by atoms with Gasteiger partial charge in [0.25, 0.3) is 0 Å². The molecular weight excluding hydrogens is 447 g/mol. The van der Waals surface area contributed by atoms with Crippen molar-refractivity contribution in [3.63, 3.8) is 0 Å². The van der Waals surface area contributed by atoms with Crippen LogP contribution in [0.25, 0.3) is 11.0 Å². The summed E-state index contributed by atoms with van der Waals surface area (Å²) in [7, 11) is -3.68. The second kappa shape index (κ2) is 8.99. The van der Waals surface area contributed by atoms with E-state index in [-0.39, 0.29) is 28.0 Å². The molecule has 0 aliphatic heterocycles. The van der Waals surface area contributed by atoms with E-state index in [9.17, 15) is 17.9 Å². The number of sulfone groups is 1. The number of hydrogen-bond donors (Lipinski definition) is 2. The molecule has 0 saturated heterocycles. The zero-order chi connectivity index (χ0) is 22.7.